The molecule has 2 aromatic heterocycles. The number of hydrogen-bond donors (Lipinski definition) is 1. The number of aromatic amines is 1. The van der Waals surface area contributed by atoms with Crippen molar-refractivity contribution in [1.29, 1.82) is 0 Å². The van der Waals surface area contributed by atoms with Gasteiger partial charge in [-0.25, -0.2) is 9.97 Å². The molecule has 24 heavy (non-hydrogen) atoms. The second-order valence-corrected chi connectivity index (χ2v) is 8.44. The van der Waals surface area contributed by atoms with Crippen molar-refractivity contribution in [3.8, 4) is 0 Å². The van der Waals surface area contributed by atoms with Gasteiger partial charge in [0.05, 0.1) is 5.39 Å². The number of fused-ring (bicyclic) bond motifs is 1. The Hall–Kier alpha value is -1.71. The zero-order valence-electron chi connectivity index (χ0n) is 13.7. The van der Waals surface area contributed by atoms with Gasteiger partial charge in [0.25, 0.3) is 10.2 Å². The molecule has 0 aliphatic carbocycles. The molecule has 9 heteroatoms. The van der Waals surface area contributed by atoms with Crippen LogP contribution >= 0.6 is 0 Å². The van der Waals surface area contributed by atoms with Crippen molar-refractivity contribution < 1.29 is 8.42 Å². The van der Waals surface area contributed by atoms with Gasteiger partial charge in [0, 0.05) is 45.5 Å². The molecule has 0 radical (unpaired) electrons. The lowest BCUT2D eigenvalue weighted by atomic mass is 10.3. The second kappa shape index (κ2) is 5.98. The minimum Gasteiger partial charge on any atom is -0.354 e. The minimum absolute atomic E-state index is 0.0282. The highest BCUT2D eigenvalue weighted by molar-refractivity contribution is 7.86. The molecule has 0 unspecified atom stereocenters. The van der Waals surface area contributed by atoms with E-state index in [2.05, 4.69) is 19.9 Å². The van der Waals surface area contributed by atoms with Crippen LogP contribution in [0.15, 0.2) is 18.6 Å². The van der Waals surface area contributed by atoms with Crippen molar-refractivity contribution in [2.75, 3.05) is 38.1 Å². The summed E-state index contributed by atoms with van der Waals surface area (Å²) in [6, 6.07) is 1.93. The summed E-state index contributed by atoms with van der Waals surface area (Å²) in [5.74, 6) is 0.871. The Balaban J connectivity index is 1.53. The molecule has 4 heterocycles. The van der Waals surface area contributed by atoms with Crippen molar-refractivity contribution >= 4 is 27.1 Å². The van der Waals surface area contributed by atoms with Gasteiger partial charge in [-0.3, -0.25) is 0 Å². The van der Waals surface area contributed by atoms with Crippen LogP contribution in [0.4, 0.5) is 5.82 Å². The molecule has 2 aromatic rings. The monoisotopic (exact) mass is 350 g/mol. The van der Waals surface area contributed by atoms with Crippen LogP contribution < -0.4 is 4.90 Å². The number of nitrogens with zero attached hydrogens (tertiary/aromatic N) is 5. The molecule has 0 spiro atoms. The fourth-order valence-electron chi connectivity index (χ4n) is 3.63. The number of nitrogens with one attached hydrogen (secondary N) is 1. The van der Waals surface area contributed by atoms with Crippen LogP contribution in [-0.4, -0.2) is 71.2 Å². The fraction of sp³-hybridized carbons (Fsp3) is 0.600. The largest absolute Gasteiger partial charge is 0.354 e. The van der Waals surface area contributed by atoms with Gasteiger partial charge in [0.1, 0.15) is 17.8 Å². The lowest BCUT2D eigenvalue weighted by Crippen LogP contribution is -2.46. The number of hydrogen-bond acceptors (Lipinski definition) is 5. The standard InChI is InChI=1S/C15H22N6O2S/c1-19(24(22,23)21-7-2-3-8-21)12-5-9-20(10-12)15-13-4-6-16-14(13)17-11-18-15/h4,6,11-12H,2-3,5,7-10H2,1H3,(H,16,17,18)/t12-/m1/s1. The van der Waals surface area contributed by atoms with E-state index < -0.39 is 10.2 Å². The maximum absolute atomic E-state index is 12.7. The molecule has 2 saturated heterocycles. The number of H-pyrrole nitrogens is 1. The van der Waals surface area contributed by atoms with E-state index in [0.29, 0.717) is 19.6 Å². The maximum atomic E-state index is 12.7. The van der Waals surface area contributed by atoms with Gasteiger partial charge in [-0.15, -0.1) is 0 Å². The van der Waals surface area contributed by atoms with E-state index in [4.69, 9.17) is 0 Å². The molecule has 8 nitrogen and oxygen atoms in total. The van der Waals surface area contributed by atoms with Gasteiger partial charge in [0.2, 0.25) is 0 Å². The van der Waals surface area contributed by atoms with Gasteiger partial charge < -0.3 is 9.88 Å². The summed E-state index contributed by atoms with van der Waals surface area (Å²) in [4.78, 5) is 13.9. The van der Waals surface area contributed by atoms with E-state index >= 15 is 0 Å². The first-order valence-corrected chi connectivity index (χ1v) is 9.73. The van der Waals surface area contributed by atoms with Gasteiger partial charge in [-0.05, 0) is 25.3 Å². The molecule has 0 saturated carbocycles. The highest BCUT2D eigenvalue weighted by atomic mass is 32.2. The van der Waals surface area contributed by atoms with Crippen LogP contribution in [0.5, 0.6) is 0 Å². The average molecular weight is 350 g/mol. The molecule has 0 aromatic carbocycles. The highest BCUT2D eigenvalue weighted by Crippen LogP contribution is 2.28. The summed E-state index contributed by atoms with van der Waals surface area (Å²) in [6.07, 6.45) is 6.11. The first kappa shape index (κ1) is 15.8. The summed E-state index contributed by atoms with van der Waals surface area (Å²) in [5.41, 5.74) is 0.807. The molecule has 2 aliphatic rings. The molecule has 2 fully saturated rings. The van der Waals surface area contributed by atoms with Gasteiger partial charge in [-0.2, -0.15) is 17.0 Å². The van der Waals surface area contributed by atoms with Crippen molar-refractivity contribution in [1.82, 2.24) is 23.6 Å². The van der Waals surface area contributed by atoms with Crippen LogP contribution in [0, 0.1) is 0 Å². The maximum Gasteiger partial charge on any atom is 0.282 e. The Morgan fingerprint density at radius 1 is 1.25 bits per heavy atom. The SMILES string of the molecule is CN([C@@H]1CCN(c2ncnc3[nH]ccc23)C1)S(=O)(=O)N1CCCC1. The van der Waals surface area contributed by atoms with Gasteiger partial charge >= 0.3 is 0 Å². The third kappa shape index (κ3) is 2.56. The van der Waals surface area contributed by atoms with E-state index in [1.807, 2.05) is 12.3 Å². The van der Waals surface area contributed by atoms with Crippen molar-refractivity contribution in [3.05, 3.63) is 18.6 Å². The number of aromatic nitrogens is 3. The predicted molar refractivity (Wildman–Crippen MR) is 92.0 cm³/mol. The molecular weight excluding hydrogens is 328 g/mol. The molecule has 4 rings (SSSR count). The van der Waals surface area contributed by atoms with E-state index in [9.17, 15) is 8.42 Å². The molecule has 130 valence electrons. The van der Waals surface area contributed by atoms with Crippen LogP contribution in [0.2, 0.25) is 0 Å². The van der Waals surface area contributed by atoms with E-state index in [-0.39, 0.29) is 6.04 Å². The normalized spacial score (nSPS) is 22.9. The summed E-state index contributed by atoms with van der Waals surface area (Å²) in [6.45, 7) is 2.72. The Bertz CT molecular complexity index is 829. The van der Waals surface area contributed by atoms with Gasteiger partial charge in [0.15, 0.2) is 0 Å². The summed E-state index contributed by atoms with van der Waals surface area (Å²) in [7, 11) is -1.66. The minimum atomic E-state index is -3.36. The quantitative estimate of drug-likeness (QED) is 0.882. The Morgan fingerprint density at radius 2 is 2.04 bits per heavy atom. The van der Waals surface area contributed by atoms with Crippen LogP contribution in [0.3, 0.4) is 0 Å². The molecule has 1 atom stereocenters. The molecule has 0 bridgehead atoms. The second-order valence-electron chi connectivity index (χ2n) is 6.46. The third-order valence-electron chi connectivity index (χ3n) is 5.07. The lowest BCUT2D eigenvalue weighted by Gasteiger charge is -2.28. The van der Waals surface area contributed by atoms with Crippen molar-refractivity contribution in [2.24, 2.45) is 0 Å². The average Bonchev–Trinajstić information content (AvgIpc) is 3.34. The smallest absolute Gasteiger partial charge is 0.282 e. The first-order valence-electron chi connectivity index (χ1n) is 8.33. The highest BCUT2D eigenvalue weighted by Gasteiger charge is 2.37. The zero-order chi connectivity index (χ0) is 16.7. The fourth-order valence-corrected chi connectivity index (χ4v) is 5.26. The van der Waals surface area contributed by atoms with Crippen LogP contribution in [0.1, 0.15) is 19.3 Å². The Morgan fingerprint density at radius 3 is 2.83 bits per heavy atom. The number of anilines is 1. The van der Waals surface area contributed by atoms with Crippen LogP contribution in [0.25, 0.3) is 11.0 Å². The predicted octanol–water partition coefficient (Wildman–Crippen LogP) is 0.809. The zero-order valence-corrected chi connectivity index (χ0v) is 14.5. The summed E-state index contributed by atoms with van der Waals surface area (Å²) >= 11 is 0. The molecule has 2 aliphatic heterocycles. The molecule has 0 amide bonds. The van der Waals surface area contributed by atoms with E-state index in [0.717, 1.165) is 42.7 Å². The van der Waals surface area contributed by atoms with E-state index in [1.54, 1.807) is 22.0 Å². The topological polar surface area (TPSA) is 85.4 Å². The van der Waals surface area contributed by atoms with Gasteiger partial charge in [-0.1, -0.05) is 0 Å². The number of likely N-dealkylation sites (N-methyl/N-ethyl adjacent to an activating group) is 1. The van der Waals surface area contributed by atoms with Crippen molar-refractivity contribution in [2.45, 2.75) is 25.3 Å². The third-order valence-corrected chi connectivity index (χ3v) is 7.11. The Labute approximate surface area is 141 Å². The molecule has 1 N–H and O–H groups in total. The van der Waals surface area contributed by atoms with E-state index in [1.165, 1.54) is 0 Å². The molecular formula is C15H22N6O2S. The first-order chi connectivity index (χ1) is 11.6. The Kier molecular flexibility index (Phi) is 3.93. The lowest BCUT2D eigenvalue weighted by molar-refractivity contribution is 0.346. The number of rotatable bonds is 4. The summed E-state index contributed by atoms with van der Waals surface area (Å²) < 4.78 is 28.6. The van der Waals surface area contributed by atoms with Crippen molar-refractivity contribution in [3.63, 3.8) is 0 Å². The van der Waals surface area contributed by atoms with Crippen LogP contribution in [-0.2, 0) is 10.2 Å². The summed E-state index contributed by atoms with van der Waals surface area (Å²) in [5, 5.41) is 0.975.